The fraction of sp³-hybridized carbons (Fsp3) is 0.273. The third-order valence-corrected chi connectivity index (χ3v) is 4.92. The highest BCUT2D eigenvalue weighted by atomic mass is 16.5. The van der Waals surface area contributed by atoms with Crippen molar-refractivity contribution in [2.75, 3.05) is 33.8 Å². The SMILES string of the molecule is COc1ccc(NC(=O)C2=C(C)NC(=O)N[C@@H]2c2cc(OC)ccc2OC)c(OC)c1. The van der Waals surface area contributed by atoms with Gasteiger partial charge in [0, 0.05) is 17.3 Å². The number of benzene rings is 2. The molecule has 2 aromatic rings. The number of carbonyl (C=O) groups is 2. The zero-order chi connectivity index (χ0) is 22.5. The molecule has 0 radical (unpaired) electrons. The van der Waals surface area contributed by atoms with Gasteiger partial charge in [-0.3, -0.25) is 4.79 Å². The van der Waals surface area contributed by atoms with Crippen LogP contribution in [-0.2, 0) is 4.79 Å². The number of allylic oxidation sites excluding steroid dienone is 1. The molecule has 1 aliphatic rings. The largest absolute Gasteiger partial charge is 0.497 e. The van der Waals surface area contributed by atoms with Crippen LogP contribution in [0.4, 0.5) is 10.5 Å². The molecular weight excluding hydrogens is 402 g/mol. The third kappa shape index (κ3) is 4.50. The van der Waals surface area contributed by atoms with E-state index in [4.69, 9.17) is 18.9 Å². The van der Waals surface area contributed by atoms with Gasteiger partial charge in [0.1, 0.15) is 23.0 Å². The predicted octanol–water partition coefficient (Wildman–Crippen LogP) is 2.99. The molecule has 0 aromatic heterocycles. The number of anilines is 1. The average Bonchev–Trinajstić information content (AvgIpc) is 2.78. The van der Waals surface area contributed by atoms with Crippen molar-refractivity contribution >= 4 is 17.6 Å². The van der Waals surface area contributed by atoms with Gasteiger partial charge in [-0.15, -0.1) is 0 Å². The van der Waals surface area contributed by atoms with Crippen LogP contribution in [-0.4, -0.2) is 40.4 Å². The first-order valence-corrected chi connectivity index (χ1v) is 9.45. The molecule has 0 unspecified atom stereocenters. The first-order chi connectivity index (χ1) is 14.9. The van der Waals surface area contributed by atoms with E-state index in [0.29, 0.717) is 45.5 Å². The summed E-state index contributed by atoms with van der Waals surface area (Å²) in [6.45, 7) is 1.67. The van der Waals surface area contributed by atoms with Gasteiger partial charge in [0.2, 0.25) is 0 Å². The molecule has 3 N–H and O–H groups in total. The van der Waals surface area contributed by atoms with Gasteiger partial charge < -0.3 is 34.9 Å². The Morgan fingerprint density at radius 3 is 2.19 bits per heavy atom. The van der Waals surface area contributed by atoms with Gasteiger partial charge >= 0.3 is 6.03 Å². The normalized spacial score (nSPS) is 15.5. The average molecular weight is 427 g/mol. The molecule has 31 heavy (non-hydrogen) atoms. The van der Waals surface area contributed by atoms with E-state index in [0.717, 1.165) is 0 Å². The molecule has 9 nitrogen and oxygen atoms in total. The highest BCUT2D eigenvalue weighted by Crippen LogP contribution is 2.37. The number of hydrogen-bond donors (Lipinski definition) is 3. The Hall–Kier alpha value is -3.88. The van der Waals surface area contributed by atoms with Crippen LogP contribution < -0.4 is 34.9 Å². The van der Waals surface area contributed by atoms with E-state index in [2.05, 4.69) is 16.0 Å². The molecule has 1 heterocycles. The molecule has 1 atom stereocenters. The van der Waals surface area contributed by atoms with Crippen LogP contribution in [0, 0.1) is 0 Å². The summed E-state index contributed by atoms with van der Waals surface area (Å²) in [5, 5.41) is 8.30. The number of amides is 3. The molecule has 0 saturated heterocycles. The van der Waals surface area contributed by atoms with E-state index in [1.165, 1.54) is 21.3 Å². The molecular formula is C22H25N3O6. The first kappa shape index (κ1) is 21.8. The highest BCUT2D eigenvalue weighted by molar-refractivity contribution is 6.07. The van der Waals surface area contributed by atoms with Crippen molar-refractivity contribution in [3.8, 4) is 23.0 Å². The van der Waals surface area contributed by atoms with E-state index in [-0.39, 0.29) is 0 Å². The number of carbonyl (C=O) groups excluding carboxylic acids is 2. The Kier molecular flexibility index (Phi) is 6.54. The quantitative estimate of drug-likeness (QED) is 0.627. The van der Waals surface area contributed by atoms with Crippen molar-refractivity contribution in [2.24, 2.45) is 0 Å². The second kappa shape index (κ2) is 9.29. The van der Waals surface area contributed by atoms with E-state index >= 15 is 0 Å². The van der Waals surface area contributed by atoms with Crippen LogP contribution in [0.2, 0.25) is 0 Å². The zero-order valence-corrected chi connectivity index (χ0v) is 18.0. The smallest absolute Gasteiger partial charge is 0.319 e. The number of urea groups is 1. The highest BCUT2D eigenvalue weighted by Gasteiger charge is 2.33. The van der Waals surface area contributed by atoms with Gasteiger partial charge in [0.15, 0.2) is 0 Å². The van der Waals surface area contributed by atoms with Gasteiger partial charge in [-0.25, -0.2) is 4.79 Å². The van der Waals surface area contributed by atoms with E-state index in [1.807, 2.05) is 0 Å². The maximum absolute atomic E-state index is 13.3. The van der Waals surface area contributed by atoms with Gasteiger partial charge in [0.25, 0.3) is 5.91 Å². The van der Waals surface area contributed by atoms with Crippen LogP contribution >= 0.6 is 0 Å². The molecule has 9 heteroatoms. The fourth-order valence-electron chi connectivity index (χ4n) is 3.38. The number of nitrogens with one attached hydrogen (secondary N) is 3. The monoisotopic (exact) mass is 427 g/mol. The molecule has 0 spiro atoms. The lowest BCUT2D eigenvalue weighted by atomic mass is 9.93. The molecule has 0 fully saturated rings. The van der Waals surface area contributed by atoms with Crippen molar-refractivity contribution in [2.45, 2.75) is 13.0 Å². The molecule has 3 rings (SSSR count). The standard InChI is InChI=1S/C22H25N3O6/c1-12-19(21(26)24-16-8-6-14(29-3)11-18(16)31-5)20(25-22(27)23-12)15-10-13(28-2)7-9-17(15)30-4/h6-11,20H,1-5H3,(H,24,26)(H2,23,25,27)/t20-/m1/s1. The third-order valence-electron chi connectivity index (χ3n) is 4.92. The topological polar surface area (TPSA) is 107 Å². The lowest BCUT2D eigenvalue weighted by molar-refractivity contribution is -0.113. The van der Waals surface area contributed by atoms with Crippen LogP contribution in [0.1, 0.15) is 18.5 Å². The maximum Gasteiger partial charge on any atom is 0.319 e. The Morgan fingerprint density at radius 1 is 0.903 bits per heavy atom. The Morgan fingerprint density at radius 2 is 1.55 bits per heavy atom. The summed E-state index contributed by atoms with van der Waals surface area (Å²) in [5.41, 5.74) is 1.79. The summed E-state index contributed by atoms with van der Waals surface area (Å²) < 4.78 is 21.3. The Labute approximate surface area is 180 Å². The van der Waals surface area contributed by atoms with Crippen LogP contribution in [0.15, 0.2) is 47.7 Å². The lowest BCUT2D eigenvalue weighted by Crippen LogP contribution is -2.46. The predicted molar refractivity (Wildman–Crippen MR) is 115 cm³/mol. The van der Waals surface area contributed by atoms with E-state index in [1.54, 1.807) is 50.4 Å². The van der Waals surface area contributed by atoms with Gasteiger partial charge in [0.05, 0.1) is 45.7 Å². The van der Waals surface area contributed by atoms with Gasteiger partial charge in [-0.1, -0.05) is 0 Å². The van der Waals surface area contributed by atoms with Crippen LogP contribution in [0.3, 0.4) is 0 Å². The van der Waals surface area contributed by atoms with Crippen LogP contribution in [0.5, 0.6) is 23.0 Å². The minimum atomic E-state index is -0.761. The number of rotatable bonds is 7. The molecule has 0 saturated carbocycles. The summed E-state index contributed by atoms with van der Waals surface area (Å²) in [6.07, 6.45) is 0. The van der Waals surface area contributed by atoms with Crippen molar-refractivity contribution in [3.63, 3.8) is 0 Å². The van der Waals surface area contributed by atoms with Crippen molar-refractivity contribution in [1.29, 1.82) is 0 Å². The molecule has 2 aromatic carbocycles. The van der Waals surface area contributed by atoms with Crippen molar-refractivity contribution < 1.29 is 28.5 Å². The lowest BCUT2D eigenvalue weighted by Gasteiger charge is -2.30. The van der Waals surface area contributed by atoms with E-state index < -0.39 is 18.0 Å². The van der Waals surface area contributed by atoms with Crippen molar-refractivity contribution in [1.82, 2.24) is 10.6 Å². The van der Waals surface area contributed by atoms with Crippen molar-refractivity contribution in [3.05, 3.63) is 53.2 Å². The maximum atomic E-state index is 13.3. The molecule has 0 bridgehead atoms. The summed E-state index contributed by atoms with van der Waals surface area (Å²) >= 11 is 0. The molecule has 164 valence electrons. The summed E-state index contributed by atoms with van der Waals surface area (Å²) in [6, 6.07) is 9.06. The molecule has 0 aliphatic carbocycles. The number of methoxy groups -OCH3 is 4. The minimum absolute atomic E-state index is 0.323. The van der Waals surface area contributed by atoms with Crippen LogP contribution in [0.25, 0.3) is 0 Å². The second-order valence-electron chi connectivity index (χ2n) is 6.70. The Bertz CT molecular complexity index is 1030. The minimum Gasteiger partial charge on any atom is -0.497 e. The van der Waals surface area contributed by atoms with Gasteiger partial charge in [-0.2, -0.15) is 0 Å². The van der Waals surface area contributed by atoms with E-state index in [9.17, 15) is 9.59 Å². The summed E-state index contributed by atoms with van der Waals surface area (Å²) in [7, 11) is 6.11. The Balaban J connectivity index is 2.02. The zero-order valence-electron chi connectivity index (χ0n) is 18.0. The number of ether oxygens (including phenoxy) is 4. The fourth-order valence-corrected chi connectivity index (χ4v) is 3.38. The van der Waals surface area contributed by atoms with Gasteiger partial charge in [-0.05, 0) is 37.3 Å². The summed E-state index contributed by atoms with van der Waals surface area (Å²) in [4.78, 5) is 25.5. The first-order valence-electron chi connectivity index (χ1n) is 9.45. The second-order valence-corrected chi connectivity index (χ2v) is 6.70. The molecule has 3 amide bonds. The number of hydrogen-bond acceptors (Lipinski definition) is 6. The molecule has 1 aliphatic heterocycles. The summed E-state index contributed by atoms with van der Waals surface area (Å²) in [5.74, 6) is 1.69.